The Kier molecular flexibility index (Phi) is 4.91. The first-order valence-electron chi connectivity index (χ1n) is 8.84. The highest BCUT2D eigenvalue weighted by molar-refractivity contribution is 9.10. The molecule has 0 bridgehead atoms. The Bertz CT molecular complexity index is 892. The van der Waals surface area contributed by atoms with Crippen molar-refractivity contribution in [3.63, 3.8) is 0 Å². The van der Waals surface area contributed by atoms with E-state index in [1.165, 1.54) is 41.3 Å². The van der Waals surface area contributed by atoms with E-state index in [1.807, 2.05) is 0 Å². The van der Waals surface area contributed by atoms with Crippen LogP contribution in [0.5, 0.6) is 0 Å². The van der Waals surface area contributed by atoms with E-state index in [4.69, 9.17) is 12.2 Å². The maximum Gasteiger partial charge on any atom is 0.111 e. The fourth-order valence-electron chi connectivity index (χ4n) is 3.60. The number of hydrogen-bond acceptors (Lipinski definition) is 1. The van der Waals surface area contributed by atoms with Crippen molar-refractivity contribution in [1.29, 1.82) is 0 Å². The quantitative estimate of drug-likeness (QED) is 0.516. The van der Waals surface area contributed by atoms with E-state index in [1.54, 1.807) is 0 Å². The van der Waals surface area contributed by atoms with Gasteiger partial charge in [-0.2, -0.15) is 0 Å². The van der Waals surface area contributed by atoms with Crippen LogP contribution in [0.3, 0.4) is 0 Å². The molecule has 4 rings (SSSR count). The number of hydrogen-bond donors (Lipinski definition) is 0. The second-order valence-electron chi connectivity index (χ2n) is 6.67. The van der Waals surface area contributed by atoms with Gasteiger partial charge in [-0.3, -0.25) is 0 Å². The van der Waals surface area contributed by atoms with Crippen LogP contribution in [0, 0.1) is 0 Å². The van der Waals surface area contributed by atoms with Crippen LogP contribution in [0.25, 0.3) is 10.9 Å². The molecule has 0 amide bonds. The van der Waals surface area contributed by atoms with Crippen molar-refractivity contribution in [2.75, 3.05) is 13.1 Å². The van der Waals surface area contributed by atoms with Crippen LogP contribution in [0.4, 0.5) is 0 Å². The first kappa shape index (κ1) is 16.8. The highest BCUT2D eigenvalue weighted by Gasteiger charge is 2.19. The van der Waals surface area contributed by atoms with Crippen molar-refractivity contribution in [2.24, 2.45) is 0 Å². The van der Waals surface area contributed by atoms with Crippen molar-refractivity contribution in [3.8, 4) is 0 Å². The molecule has 2 nitrogen and oxygen atoms in total. The molecule has 0 saturated carbocycles. The van der Waals surface area contributed by atoms with Gasteiger partial charge in [0.2, 0.25) is 0 Å². The molecule has 0 unspecified atom stereocenters. The average Bonchev–Trinajstić information content (AvgIpc) is 3.02. The van der Waals surface area contributed by atoms with E-state index in [0.717, 1.165) is 29.1 Å². The third kappa shape index (κ3) is 3.51. The Morgan fingerprint density at radius 1 is 0.960 bits per heavy atom. The summed E-state index contributed by atoms with van der Waals surface area (Å²) in [6, 6.07) is 17.1. The largest absolute Gasteiger partial charge is 0.362 e. The Labute approximate surface area is 162 Å². The summed E-state index contributed by atoms with van der Waals surface area (Å²) in [7, 11) is 0. The zero-order chi connectivity index (χ0) is 17.2. The predicted octanol–water partition coefficient (Wildman–Crippen LogP) is 5.61. The monoisotopic (exact) mass is 412 g/mol. The first-order valence-corrected chi connectivity index (χ1v) is 10.0. The fraction of sp³-hybridized carbons (Fsp3) is 0.286. The van der Waals surface area contributed by atoms with Gasteiger partial charge in [-0.05, 0) is 43.0 Å². The highest BCUT2D eigenvalue weighted by Crippen LogP contribution is 2.26. The lowest BCUT2D eigenvalue weighted by Crippen LogP contribution is -2.34. The molecule has 1 fully saturated rings. The predicted molar refractivity (Wildman–Crippen MR) is 112 cm³/mol. The lowest BCUT2D eigenvalue weighted by Gasteiger charge is -2.28. The smallest absolute Gasteiger partial charge is 0.111 e. The molecule has 0 radical (unpaired) electrons. The molecule has 1 aliphatic rings. The van der Waals surface area contributed by atoms with E-state index in [-0.39, 0.29) is 0 Å². The number of likely N-dealkylation sites (tertiary alicyclic amines) is 1. The van der Waals surface area contributed by atoms with E-state index >= 15 is 0 Å². The van der Waals surface area contributed by atoms with Gasteiger partial charge in [0.25, 0.3) is 0 Å². The summed E-state index contributed by atoms with van der Waals surface area (Å²) in [6.07, 6.45) is 6.06. The summed E-state index contributed by atoms with van der Waals surface area (Å²) < 4.78 is 3.44. The van der Waals surface area contributed by atoms with Crippen LogP contribution >= 0.6 is 28.1 Å². The minimum Gasteiger partial charge on any atom is -0.362 e. The number of para-hydroxylation sites is 1. The number of piperidine rings is 1. The fourth-order valence-corrected chi connectivity index (χ4v) is 4.21. The van der Waals surface area contributed by atoms with Crippen LogP contribution in [0.1, 0.15) is 30.4 Å². The summed E-state index contributed by atoms with van der Waals surface area (Å²) in [5, 5.41) is 1.26. The molecular weight excluding hydrogens is 392 g/mol. The van der Waals surface area contributed by atoms with Crippen LogP contribution in [-0.4, -0.2) is 27.5 Å². The molecule has 4 heteroatoms. The first-order chi connectivity index (χ1) is 12.2. The van der Waals surface area contributed by atoms with Crippen LogP contribution in [0.2, 0.25) is 0 Å². The Morgan fingerprint density at radius 3 is 2.44 bits per heavy atom. The standard InChI is InChI=1S/C21H21BrN2S/c22-17-10-8-16(9-11-17)14-24-15-19(18-6-2-3-7-20(18)24)21(25)23-12-4-1-5-13-23/h2-3,6-11,15H,1,4-5,12-14H2. The maximum absolute atomic E-state index is 5.87. The van der Waals surface area contributed by atoms with Crippen molar-refractivity contribution in [3.05, 3.63) is 70.3 Å². The molecule has 0 spiro atoms. The summed E-state index contributed by atoms with van der Waals surface area (Å²) in [5.74, 6) is 0. The van der Waals surface area contributed by atoms with Crippen LogP contribution < -0.4 is 0 Å². The molecule has 1 saturated heterocycles. The number of benzene rings is 2. The van der Waals surface area contributed by atoms with Crippen LogP contribution in [-0.2, 0) is 6.54 Å². The van der Waals surface area contributed by atoms with E-state index in [9.17, 15) is 0 Å². The molecule has 3 aromatic rings. The van der Waals surface area contributed by atoms with Crippen molar-refractivity contribution >= 4 is 44.0 Å². The zero-order valence-electron chi connectivity index (χ0n) is 14.1. The molecule has 0 aliphatic carbocycles. The number of nitrogens with zero attached hydrogens (tertiary/aromatic N) is 2. The lowest BCUT2D eigenvalue weighted by molar-refractivity contribution is 0.348. The molecule has 2 aromatic carbocycles. The normalized spacial score (nSPS) is 14.8. The van der Waals surface area contributed by atoms with Gasteiger partial charge in [0.05, 0.1) is 0 Å². The summed E-state index contributed by atoms with van der Waals surface area (Å²) in [4.78, 5) is 3.38. The average molecular weight is 413 g/mol. The molecular formula is C21H21BrN2S. The molecule has 1 aromatic heterocycles. The number of halogens is 1. The summed E-state index contributed by atoms with van der Waals surface area (Å²) in [5.41, 5.74) is 3.74. The summed E-state index contributed by atoms with van der Waals surface area (Å²) >= 11 is 9.38. The van der Waals surface area contributed by atoms with Gasteiger partial charge >= 0.3 is 0 Å². The van der Waals surface area contributed by atoms with E-state index < -0.39 is 0 Å². The van der Waals surface area contributed by atoms with Gasteiger partial charge < -0.3 is 9.47 Å². The van der Waals surface area contributed by atoms with Gasteiger partial charge in [-0.25, -0.2) is 0 Å². The van der Waals surface area contributed by atoms with Gasteiger partial charge in [-0.15, -0.1) is 0 Å². The van der Waals surface area contributed by atoms with Gasteiger partial charge in [0, 0.05) is 46.8 Å². The molecule has 0 atom stereocenters. The minimum atomic E-state index is 0.858. The molecule has 1 aliphatic heterocycles. The van der Waals surface area contributed by atoms with Gasteiger partial charge in [0.15, 0.2) is 0 Å². The number of aromatic nitrogens is 1. The number of thiocarbonyl (C=S) groups is 1. The Balaban J connectivity index is 1.70. The molecule has 128 valence electrons. The molecule has 2 heterocycles. The third-order valence-electron chi connectivity index (χ3n) is 4.93. The third-order valence-corrected chi connectivity index (χ3v) is 5.94. The Hall–Kier alpha value is -1.65. The van der Waals surface area contributed by atoms with Crippen molar-refractivity contribution < 1.29 is 0 Å². The van der Waals surface area contributed by atoms with E-state index in [0.29, 0.717) is 0 Å². The van der Waals surface area contributed by atoms with Crippen molar-refractivity contribution in [1.82, 2.24) is 9.47 Å². The van der Waals surface area contributed by atoms with Crippen LogP contribution in [0.15, 0.2) is 59.2 Å². The van der Waals surface area contributed by atoms with Gasteiger partial charge in [-0.1, -0.05) is 58.5 Å². The lowest BCUT2D eigenvalue weighted by atomic mass is 10.1. The highest BCUT2D eigenvalue weighted by atomic mass is 79.9. The second kappa shape index (κ2) is 7.30. The molecule has 25 heavy (non-hydrogen) atoms. The minimum absolute atomic E-state index is 0.858. The van der Waals surface area contributed by atoms with Crippen molar-refractivity contribution in [2.45, 2.75) is 25.8 Å². The molecule has 0 N–H and O–H groups in total. The second-order valence-corrected chi connectivity index (χ2v) is 7.97. The number of rotatable bonds is 3. The van der Waals surface area contributed by atoms with Gasteiger partial charge in [0.1, 0.15) is 4.99 Å². The SMILES string of the molecule is S=C(c1cn(Cc2ccc(Br)cc2)c2ccccc12)N1CCCCC1. The topological polar surface area (TPSA) is 8.17 Å². The number of fused-ring (bicyclic) bond motifs is 1. The Morgan fingerprint density at radius 2 is 1.68 bits per heavy atom. The maximum atomic E-state index is 5.87. The summed E-state index contributed by atoms with van der Waals surface area (Å²) in [6.45, 7) is 3.03. The van der Waals surface area contributed by atoms with E-state index in [2.05, 4.69) is 80.1 Å². The zero-order valence-corrected chi connectivity index (χ0v) is 16.5.